The third-order valence-electron chi connectivity index (χ3n) is 4.28. The number of ketones is 1. The first-order chi connectivity index (χ1) is 10.0. The second-order valence-corrected chi connectivity index (χ2v) is 6.13. The lowest BCUT2D eigenvalue weighted by Gasteiger charge is -2.13. The first kappa shape index (κ1) is 15.8. The van der Waals surface area contributed by atoms with E-state index in [2.05, 4.69) is 17.2 Å². The van der Waals surface area contributed by atoms with Gasteiger partial charge in [-0.2, -0.15) is 0 Å². The van der Waals surface area contributed by atoms with Crippen LogP contribution in [0.15, 0.2) is 0 Å². The van der Waals surface area contributed by atoms with E-state index < -0.39 is 0 Å². The van der Waals surface area contributed by atoms with Crippen LogP contribution in [0.3, 0.4) is 0 Å². The van der Waals surface area contributed by atoms with Crippen molar-refractivity contribution in [3.8, 4) is 0 Å². The molecule has 2 rings (SSSR count). The van der Waals surface area contributed by atoms with Gasteiger partial charge in [0.2, 0.25) is 0 Å². The van der Waals surface area contributed by atoms with Crippen LogP contribution in [0.4, 0.5) is 0 Å². The Hall–Kier alpha value is -1.58. The molecule has 2 N–H and O–H groups in total. The molecule has 1 heterocycles. The predicted molar refractivity (Wildman–Crippen MR) is 83.9 cm³/mol. The summed E-state index contributed by atoms with van der Waals surface area (Å²) in [6, 6.07) is 0.166. The molecule has 1 aliphatic carbocycles. The number of aryl methyl sites for hydroxylation is 1. The van der Waals surface area contributed by atoms with Crippen molar-refractivity contribution in [3.63, 3.8) is 0 Å². The first-order valence-electron chi connectivity index (χ1n) is 8.10. The van der Waals surface area contributed by atoms with E-state index in [1.807, 2.05) is 13.8 Å². The predicted octanol–water partition coefficient (Wildman–Crippen LogP) is 3.54. The second kappa shape index (κ2) is 6.92. The Balaban J connectivity index is 2.05. The molecular formula is C17H26N2O2. The van der Waals surface area contributed by atoms with Crippen molar-refractivity contribution in [2.24, 2.45) is 0 Å². The molecule has 0 spiro atoms. The summed E-state index contributed by atoms with van der Waals surface area (Å²) in [6.07, 6.45) is 6.85. The Morgan fingerprint density at radius 2 is 2.10 bits per heavy atom. The Morgan fingerprint density at radius 3 is 2.76 bits per heavy atom. The van der Waals surface area contributed by atoms with Crippen molar-refractivity contribution >= 4 is 11.7 Å². The number of hydrogen-bond acceptors (Lipinski definition) is 2. The topological polar surface area (TPSA) is 62.0 Å². The molecule has 21 heavy (non-hydrogen) atoms. The van der Waals surface area contributed by atoms with Crippen LogP contribution in [-0.2, 0) is 6.42 Å². The number of aromatic nitrogens is 1. The number of Topliss-reactive ketones (excluding diaryl/α,β-unsaturated/α-hetero) is 1. The Bertz CT molecular complexity index is 531. The van der Waals surface area contributed by atoms with Crippen molar-refractivity contribution in [1.82, 2.24) is 10.3 Å². The molecule has 0 saturated carbocycles. The lowest BCUT2D eigenvalue weighted by Crippen LogP contribution is -2.33. The quantitative estimate of drug-likeness (QED) is 0.787. The van der Waals surface area contributed by atoms with Crippen molar-refractivity contribution in [2.45, 2.75) is 71.8 Å². The summed E-state index contributed by atoms with van der Waals surface area (Å²) < 4.78 is 0. The van der Waals surface area contributed by atoms with Gasteiger partial charge in [-0.3, -0.25) is 9.59 Å². The molecule has 1 aliphatic rings. The number of H-pyrrole nitrogens is 1. The summed E-state index contributed by atoms with van der Waals surface area (Å²) in [5.74, 6) is 0.0822. The lowest BCUT2D eigenvalue weighted by molar-refractivity contribution is 0.0932. The fourth-order valence-electron chi connectivity index (χ4n) is 3.07. The van der Waals surface area contributed by atoms with Gasteiger partial charge in [0.1, 0.15) is 5.69 Å². The summed E-state index contributed by atoms with van der Waals surface area (Å²) in [6.45, 7) is 6.08. The molecule has 0 aromatic carbocycles. The molecule has 0 saturated heterocycles. The van der Waals surface area contributed by atoms with E-state index in [9.17, 15) is 9.59 Å². The number of carbonyl (C=O) groups is 2. The molecule has 1 atom stereocenters. The Labute approximate surface area is 126 Å². The highest BCUT2D eigenvalue weighted by Gasteiger charge is 2.26. The van der Waals surface area contributed by atoms with Crippen LogP contribution in [0.2, 0.25) is 0 Å². The number of rotatable bonds is 6. The molecule has 116 valence electrons. The molecule has 4 nitrogen and oxygen atoms in total. The van der Waals surface area contributed by atoms with Crippen molar-refractivity contribution in [1.29, 1.82) is 0 Å². The Kier molecular flexibility index (Phi) is 5.21. The highest BCUT2D eigenvalue weighted by Crippen LogP contribution is 2.26. The van der Waals surface area contributed by atoms with Gasteiger partial charge in [-0.05, 0) is 38.7 Å². The summed E-state index contributed by atoms with van der Waals surface area (Å²) in [7, 11) is 0. The monoisotopic (exact) mass is 290 g/mol. The van der Waals surface area contributed by atoms with Crippen LogP contribution in [0.25, 0.3) is 0 Å². The maximum atomic E-state index is 12.4. The third-order valence-corrected chi connectivity index (χ3v) is 4.28. The lowest BCUT2D eigenvalue weighted by atomic mass is 9.94. The zero-order valence-corrected chi connectivity index (χ0v) is 13.3. The van der Waals surface area contributed by atoms with Crippen molar-refractivity contribution in [3.05, 3.63) is 22.5 Å². The molecular weight excluding hydrogens is 264 g/mol. The van der Waals surface area contributed by atoms with Crippen LogP contribution in [0.1, 0.15) is 84.5 Å². The fourth-order valence-corrected chi connectivity index (χ4v) is 3.07. The van der Waals surface area contributed by atoms with E-state index in [1.54, 1.807) is 0 Å². The van der Waals surface area contributed by atoms with E-state index in [0.717, 1.165) is 42.5 Å². The SMILES string of the molecule is CCCCCC(C)NC(=O)c1[nH]c2c(c1C)C(=O)CCC2. The van der Waals surface area contributed by atoms with Crippen LogP contribution in [0, 0.1) is 6.92 Å². The maximum Gasteiger partial charge on any atom is 0.268 e. The van der Waals surface area contributed by atoms with Gasteiger partial charge in [0.15, 0.2) is 5.78 Å². The minimum Gasteiger partial charge on any atom is -0.354 e. The van der Waals surface area contributed by atoms with E-state index in [-0.39, 0.29) is 17.7 Å². The largest absolute Gasteiger partial charge is 0.354 e. The van der Waals surface area contributed by atoms with Gasteiger partial charge in [-0.1, -0.05) is 26.2 Å². The number of unbranched alkanes of at least 4 members (excludes halogenated alkanes) is 2. The zero-order chi connectivity index (χ0) is 15.4. The Morgan fingerprint density at radius 1 is 1.33 bits per heavy atom. The second-order valence-electron chi connectivity index (χ2n) is 6.13. The van der Waals surface area contributed by atoms with Crippen LogP contribution < -0.4 is 5.32 Å². The van der Waals surface area contributed by atoms with E-state index >= 15 is 0 Å². The molecule has 1 aromatic heterocycles. The summed E-state index contributed by atoms with van der Waals surface area (Å²) >= 11 is 0. The summed E-state index contributed by atoms with van der Waals surface area (Å²) in [5.41, 5.74) is 3.07. The number of hydrogen-bond donors (Lipinski definition) is 2. The maximum absolute atomic E-state index is 12.4. The molecule has 4 heteroatoms. The standard InChI is InChI=1S/C17H26N2O2/c1-4-5-6-8-11(2)18-17(21)16-12(3)15-13(19-16)9-7-10-14(15)20/h11,19H,4-10H2,1-3H3,(H,18,21). The average molecular weight is 290 g/mol. The number of nitrogens with one attached hydrogen (secondary N) is 2. The molecule has 0 radical (unpaired) electrons. The summed E-state index contributed by atoms with van der Waals surface area (Å²) in [4.78, 5) is 27.5. The van der Waals surface area contributed by atoms with E-state index in [1.165, 1.54) is 12.8 Å². The highest BCUT2D eigenvalue weighted by atomic mass is 16.2. The molecule has 1 aromatic rings. The molecule has 1 amide bonds. The number of fused-ring (bicyclic) bond motifs is 1. The molecule has 0 fully saturated rings. The number of carbonyl (C=O) groups excluding carboxylic acids is 2. The van der Waals surface area contributed by atoms with Gasteiger partial charge in [0, 0.05) is 23.7 Å². The fraction of sp³-hybridized carbons (Fsp3) is 0.647. The minimum absolute atomic E-state index is 0.0845. The minimum atomic E-state index is -0.0845. The van der Waals surface area contributed by atoms with E-state index in [0.29, 0.717) is 12.1 Å². The van der Waals surface area contributed by atoms with E-state index in [4.69, 9.17) is 0 Å². The van der Waals surface area contributed by atoms with Gasteiger partial charge in [0.05, 0.1) is 0 Å². The molecule has 0 bridgehead atoms. The molecule has 1 unspecified atom stereocenters. The smallest absolute Gasteiger partial charge is 0.268 e. The van der Waals surface area contributed by atoms with Gasteiger partial charge < -0.3 is 10.3 Å². The molecule has 0 aliphatic heterocycles. The van der Waals surface area contributed by atoms with Crippen molar-refractivity contribution in [2.75, 3.05) is 0 Å². The number of aromatic amines is 1. The zero-order valence-electron chi connectivity index (χ0n) is 13.3. The van der Waals surface area contributed by atoms with Crippen LogP contribution in [-0.4, -0.2) is 22.7 Å². The number of amides is 1. The average Bonchev–Trinajstić information content (AvgIpc) is 2.78. The summed E-state index contributed by atoms with van der Waals surface area (Å²) in [5, 5.41) is 3.04. The highest BCUT2D eigenvalue weighted by molar-refractivity contribution is 6.04. The van der Waals surface area contributed by atoms with Crippen molar-refractivity contribution < 1.29 is 9.59 Å². The van der Waals surface area contributed by atoms with Gasteiger partial charge in [-0.25, -0.2) is 0 Å². The van der Waals surface area contributed by atoms with Gasteiger partial charge in [-0.15, -0.1) is 0 Å². The third kappa shape index (κ3) is 3.55. The van der Waals surface area contributed by atoms with Crippen LogP contribution in [0.5, 0.6) is 0 Å². The first-order valence-corrected chi connectivity index (χ1v) is 8.10. The van der Waals surface area contributed by atoms with Crippen LogP contribution >= 0.6 is 0 Å². The van der Waals surface area contributed by atoms with Gasteiger partial charge >= 0.3 is 0 Å². The van der Waals surface area contributed by atoms with Gasteiger partial charge in [0.25, 0.3) is 5.91 Å². The normalized spacial score (nSPS) is 15.7.